The number of aromatic nitrogens is 1. The molecule has 1 fully saturated rings. The Morgan fingerprint density at radius 3 is 3.19 bits per heavy atom. The zero-order valence-electron chi connectivity index (χ0n) is 8.98. The van der Waals surface area contributed by atoms with Gasteiger partial charge in [0.1, 0.15) is 0 Å². The Morgan fingerprint density at radius 2 is 2.38 bits per heavy atom. The van der Waals surface area contributed by atoms with E-state index in [9.17, 15) is 0 Å². The zero-order chi connectivity index (χ0) is 10.8. The van der Waals surface area contributed by atoms with Gasteiger partial charge in [0.25, 0.3) is 0 Å². The predicted molar refractivity (Wildman–Crippen MR) is 65.9 cm³/mol. The van der Waals surface area contributed by atoms with Crippen LogP contribution in [0.4, 0.5) is 0 Å². The molecule has 0 spiro atoms. The molecule has 1 saturated heterocycles. The summed E-state index contributed by atoms with van der Waals surface area (Å²) >= 11 is 1.78. The van der Waals surface area contributed by atoms with Crippen LogP contribution in [0, 0.1) is 0 Å². The Bertz CT molecular complexity index is 444. The van der Waals surface area contributed by atoms with E-state index in [0.29, 0.717) is 6.04 Å². The first-order chi connectivity index (χ1) is 7.92. The lowest BCUT2D eigenvalue weighted by molar-refractivity contribution is 0.0770. The molecular weight excluding hydrogens is 220 g/mol. The third kappa shape index (κ3) is 2.09. The van der Waals surface area contributed by atoms with Crippen LogP contribution >= 0.6 is 11.3 Å². The Labute approximate surface area is 98.5 Å². The highest BCUT2D eigenvalue weighted by atomic mass is 32.1. The molecular formula is C12H14N2OS. The first-order valence-corrected chi connectivity index (χ1v) is 6.39. The van der Waals surface area contributed by atoms with Gasteiger partial charge in [0, 0.05) is 19.0 Å². The van der Waals surface area contributed by atoms with Crippen molar-refractivity contribution in [2.24, 2.45) is 0 Å². The van der Waals surface area contributed by atoms with E-state index in [-0.39, 0.29) is 0 Å². The highest BCUT2D eigenvalue weighted by Gasteiger charge is 2.15. The molecule has 1 N–H and O–H groups in total. The second-order valence-corrected chi connectivity index (χ2v) is 5.12. The minimum Gasteiger partial charge on any atom is -0.379 e. The molecule has 0 bridgehead atoms. The summed E-state index contributed by atoms with van der Waals surface area (Å²) in [6.45, 7) is 2.59. The lowest BCUT2D eigenvalue weighted by Crippen LogP contribution is -2.42. The molecule has 3 nitrogen and oxygen atoms in total. The van der Waals surface area contributed by atoms with Gasteiger partial charge in [-0.05, 0) is 12.1 Å². The average molecular weight is 234 g/mol. The SMILES string of the molecule is c1ccc2sc(CC3COCCN3)nc2c1. The van der Waals surface area contributed by atoms with E-state index < -0.39 is 0 Å². The summed E-state index contributed by atoms with van der Waals surface area (Å²) < 4.78 is 6.72. The number of rotatable bonds is 2. The number of nitrogens with zero attached hydrogens (tertiary/aromatic N) is 1. The molecule has 4 heteroatoms. The van der Waals surface area contributed by atoms with Crippen LogP contribution < -0.4 is 5.32 Å². The van der Waals surface area contributed by atoms with Crippen molar-refractivity contribution in [3.63, 3.8) is 0 Å². The highest BCUT2D eigenvalue weighted by Crippen LogP contribution is 2.22. The maximum atomic E-state index is 5.44. The molecule has 0 radical (unpaired) electrons. The van der Waals surface area contributed by atoms with Gasteiger partial charge in [-0.25, -0.2) is 4.98 Å². The zero-order valence-corrected chi connectivity index (χ0v) is 9.80. The fourth-order valence-corrected chi connectivity index (χ4v) is 3.02. The van der Waals surface area contributed by atoms with Crippen LogP contribution in [0.15, 0.2) is 24.3 Å². The molecule has 1 aromatic heterocycles. The van der Waals surface area contributed by atoms with Gasteiger partial charge in [-0.1, -0.05) is 12.1 Å². The van der Waals surface area contributed by atoms with Crippen molar-refractivity contribution in [3.05, 3.63) is 29.3 Å². The molecule has 1 atom stereocenters. The van der Waals surface area contributed by atoms with Crippen molar-refractivity contribution < 1.29 is 4.74 Å². The Hall–Kier alpha value is -0.970. The quantitative estimate of drug-likeness (QED) is 0.860. The lowest BCUT2D eigenvalue weighted by atomic mass is 10.2. The van der Waals surface area contributed by atoms with Gasteiger partial charge in [-0.3, -0.25) is 0 Å². The van der Waals surface area contributed by atoms with E-state index in [1.165, 1.54) is 9.71 Å². The van der Waals surface area contributed by atoms with Crippen molar-refractivity contribution in [2.45, 2.75) is 12.5 Å². The fourth-order valence-electron chi connectivity index (χ4n) is 1.97. The van der Waals surface area contributed by atoms with Crippen LogP contribution in [0.5, 0.6) is 0 Å². The van der Waals surface area contributed by atoms with Gasteiger partial charge in [0.05, 0.1) is 28.4 Å². The molecule has 0 saturated carbocycles. The van der Waals surface area contributed by atoms with Crippen LogP contribution in [0.3, 0.4) is 0 Å². The van der Waals surface area contributed by atoms with Crippen molar-refractivity contribution in [1.29, 1.82) is 0 Å². The molecule has 1 aromatic carbocycles. The number of benzene rings is 1. The predicted octanol–water partition coefficient (Wildman–Crippen LogP) is 1.83. The molecule has 2 heterocycles. The number of nitrogens with one attached hydrogen (secondary N) is 1. The van der Waals surface area contributed by atoms with Crippen molar-refractivity contribution in [3.8, 4) is 0 Å². The number of hydrogen-bond donors (Lipinski definition) is 1. The lowest BCUT2D eigenvalue weighted by Gasteiger charge is -2.22. The summed E-state index contributed by atoms with van der Waals surface area (Å²) in [7, 11) is 0. The van der Waals surface area contributed by atoms with E-state index in [4.69, 9.17) is 4.74 Å². The molecule has 1 aliphatic rings. The third-order valence-electron chi connectivity index (χ3n) is 2.76. The van der Waals surface area contributed by atoms with Gasteiger partial charge < -0.3 is 10.1 Å². The van der Waals surface area contributed by atoms with Gasteiger partial charge in [0.15, 0.2) is 0 Å². The molecule has 0 amide bonds. The second-order valence-electron chi connectivity index (χ2n) is 4.01. The smallest absolute Gasteiger partial charge is 0.0955 e. The summed E-state index contributed by atoms with van der Waals surface area (Å²) in [6.07, 6.45) is 0.972. The molecule has 1 unspecified atom stereocenters. The first kappa shape index (κ1) is 10.2. The van der Waals surface area contributed by atoms with Crippen LogP contribution in [0.2, 0.25) is 0 Å². The number of hydrogen-bond acceptors (Lipinski definition) is 4. The van der Waals surface area contributed by atoms with Gasteiger partial charge in [-0.15, -0.1) is 11.3 Å². The Balaban J connectivity index is 1.78. The van der Waals surface area contributed by atoms with Gasteiger partial charge in [0.2, 0.25) is 0 Å². The van der Waals surface area contributed by atoms with Gasteiger partial charge in [-0.2, -0.15) is 0 Å². The Kier molecular flexibility index (Phi) is 2.86. The minimum absolute atomic E-state index is 0.425. The summed E-state index contributed by atoms with van der Waals surface area (Å²) in [5.74, 6) is 0. The van der Waals surface area contributed by atoms with E-state index >= 15 is 0 Å². The summed E-state index contributed by atoms with van der Waals surface area (Å²) in [5, 5.41) is 4.65. The molecule has 1 aliphatic heterocycles. The largest absolute Gasteiger partial charge is 0.379 e. The first-order valence-electron chi connectivity index (χ1n) is 5.57. The summed E-state index contributed by atoms with van der Waals surface area (Å²) in [5.41, 5.74) is 1.11. The van der Waals surface area contributed by atoms with Crippen molar-refractivity contribution in [2.75, 3.05) is 19.8 Å². The average Bonchev–Trinajstić information content (AvgIpc) is 2.72. The molecule has 84 valence electrons. The molecule has 2 aromatic rings. The normalized spacial score (nSPS) is 21.4. The summed E-state index contributed by atoms with van der Waals surface area (Å²) in [6, 6.07) is 8.72. The van der Waals surface area contributed by atoms with E-state index in [1.54, 1.807) is 11.3 Å². The van der Waals surface area contributed by atoms with E-state index in [2.05, 4.69) is 28.5 Å². The monoisotopic (exact) mass is 234 g/mol. The standard InChI is InChI=1S/C12H14N2OS/c1-2-4-11-10(3-1)14-12(16-11)7-9-8-15-6-5-13-9/h1-4,9,13H,5-8H2. The number of ether oxygens (including phenoxy) is 1. The highest BCUT2D eigenvalue weighted by molar-refractivity contribution is 7.18. The van der Waals surface area contributed by atoms with Crippen molar-refractivity contribution in [1.82, 2.24) is 10.3 Å². The number of para-hydroxylation sites is 1. The molecule has 16 heavy (non-hydrogen) atoms. The maximum absolute atomic E-state index is 5.44. The topological polar surface area (TPSA) is 34.1 Å². The fraction of sp³-hybridized carbons (Fsp3) is 0.417. The number of fused-ring (bicyclic) bond motifs is 1. The van der Waals surface area contributed by atoms with E-state index in [0.717, 1.165) is 31.7 Å². The second kappa shape index (κ2) is 4.49. The Morgan fingerprint density at radius 1 is 1.44 bits per heavy atom. The number of morpholine rings is 1. The minimum atomic E-state index is 0.425. The van der Waals surface area contributed by atoms with Crippen LogP contribution in [-0.4, -0.2) is 30.8 Å². The molecule has 0 aliphatic carbocycles. The molecule has 3 rings (SSSR count). The van der Waals surface area contributed by atoms with Crippen molar-refractivity contribution >= 4 is 21.6 Å². The summed E-state index contributed by atoms with van der Waals surface area (Å²) in [4.78, 5) is 4.63. The van der Waals surface area contributed by atoms with E-state index in [1.807, 2.05) is 6.07 Å². The van der Waals surface area contributed by atoms with Crippen LogP contribution in [-0.2, 0) is 11.2 Å². The van der Waals surface area contributed by atoms with Gasteiger partial charge >= 0.3 is 0 Å². The van der Waals surface area contributed by atoms with Crippen LogP contribution in [0.1, 0.15) is 5.01 Å². The van der Waals surface area contributed by atoms with Crippen LogP contribution in [0.25, 0.3) is 10.2 Å². The number of thiazole rings is 1. The maximum Gasteiger partial charge on any atom is 0.0955 e. The third-order valence-corrected chi connectivity index (χ3v) is 3.82.